The second-order valence-corrected chi connectivity index (χ2v) is 3.07. The number of aromatic nitrogens is 2. The van der Waals surface area contributed by atoms with Gasteiger partial charge in [-0.3, -0.25) is 4.79 Å². The zero-order chi connectivity index (χ0) is 10.1. The summed E-state index contributed by atoms with van der Waals surface area (Å²) in [7, 11) is 0. The van der Waals surface area contributed by atoms with Gasteiger partial charge in [-0.25, -0.2) is 4.98 Å². The lowest BCUT2D eigenvalue weighted by molar-refractivity contribution is -0.115. The van der Waals surface area contributed by atoms with Gasteiger partial charge in [0.05, 0.1) is 18.7 Å². The van der Waals surface area contributed by atoms with Gasteiger partial charge < -0.3 is 16.0 Å². The summed E-state index contributed by atoms with van der Waals surface area (Å²) < 4.78 is 0. The maximum atomic E-state index is 11.2. The van der Waals surface area contributed by atoms with Crippen LogP contribution in [0.4, 0.5) is 17.5 Å². The van der Waals surface area contributed by atoms with Gasteiger partial charge in [0.25, 0.3) is 0 Å². The van der Waals surface area contributed by atoms with Gasteiger partial charge in [-0.1, -0.05) is 0 Å². The van der Waals surface area contributed by atoms with E-state index in [-0.39, 0.29) is 24.4 Å². The summed E-state index contributed by atoms with van der Waals surface area (Å²) >= 11 is 5.67. The Balaban J connectivity index is 2.46. The van der Waals surface area contributed by atoms with Crippen LogP contribution in [0.2, 0.25) is 0 Å². The summed E-state index contributed by atoms with van der Waals surface area (Å²) in [5, 5.41) is 2.63. The number of alkyl halides is 1. The fourth-order valence-corrected chi connectivity index (χ4v) is 1.45. The van der Waals surface area contributed by atoms with Crippen LogP contribution in [0.5, 0.6) is 0 Å². The number of hydrogen-bond acceptors (Lipinski definition) is 5. The van der Waals surface area contributed by atoms with E-state index >= 15 is 0 Å². The van der Waals surface area contributed by atoms with Gasteiger partial charge >= 0.3 is 0 Å². The average molecular weight is 214 g/mol. The molecule has 1 aliphatic heterocycles. The lowest BCUT2D eigenvalue weighted by atomic mass is 10.3. The molecule has 0 radical (unpaired) electrons. The first-order valence-electron chi connectivity index (χ1n) is 3.94. The molecule has 0 aliphatic carbocycles. The van der Waals surface area contributed by atoms with Crippen LogP contribution in [0.25, 0.3) is 0 Å². The third-order valence-electron chi connectivity index (χ3n) is 1.84. The average Bonchev–Trinajstić information content (AvgIpc) is 2.17. The first-order valence-corrected chi connectivity index (χ1v) is 4.47. The van der Waals surface area contributed by atoms with Gasteiger partial charge in [-0.15, -0.1) is 11.6 Å². The highest BCUT2D eigenvalue weighted by Crippen LogP contribution is 2.26. The minimum Gasteiger partial charge on any atom is -0.368 e. The third-order valence-corrected chi connectivity index (χ3v) is 2.13. The number of fused-ring (bicyclic) bond motifs is 1. The molecule has 2 heterocycles. The van der Waals surface area contributed by atoms with Gasteiger partial charge in [-0.05, 0) is 0 Å². The first kappa shape index (κ1) is 9.01. The molecule has 74 valence electrons. The van der Waals surface area contributed by atoms with Crippen molar-refractivity contribution in [1.29, 1.82) is 0 Å². The highest BCUT2D eigenvalue weighted by atomic mass is 35.5. The van der Waals surface area contributed by atoms with Crippen molar-refractivity contribution in [3.63, 3.8) is 0 Å². The van der Waals surface area contributed by atoms with Gasteiger partial charge in [0, 0.05) is 0 Å². The second-order valence-electron chi connectivity index (χ2n) is 2.83. The quantitative estimate of drug-likeness (QED) is 0.507. The molecule has 1 aromatic rings. The lowest BCUT2D eigenvalue weighted by Crippen LogP contribution is -2.38. The van der Waals surface area contributed by atoms with Crippen LogP contribution < -0.4 is 16.0 Å². The predicted molar refractivity (Wildman–Crippen MR) is 53.1 cm³/mol. The van der Waals surface area contributed by atoms with E-state index in [1.54, 1.807) is 4.90 Å². The van der Waals surface area contributed by atoms with E-state index < -0.39 is 0 Å². The Morgan fingerprint density at radius 1 is 1.71 bits per heavy atom. The summed E-state index contributed by atoms with van der Waals surface area (Å²) in [5.41, 5.74) is 5.97. The Hall–Kier alpha value is -1.56. The molecule has 3 N–H and O–H groups in total. The molecule has 0 bridgehead atoms. The van der Waals surface area contributed by atoms with E-state index in [0.717, 1.165) is 0 Å². The predicted octanol–water partition coefficient (Wildman–Crippen LogP) is 0.0136. The van der Waals surface area contributed by atoms with E-state index in [2.05, 4.69) is 15.3 Å². The Morgan fingerprint density at radius 3 is 3.21 bits per heavy atom. The van der Waals surface area contributed by atoms with E-state index in [9.17, 15) is 4.79 Å². The fourth-order valence-electron chi connectivity index (χ4n) is 1.25. The Bertz CT molecular complexity index is 382. The first-order chi connectivity index (χ1) is 6.70. The molecule has 2 rings (SSSR count). The molecular weight excluding hydrogens is 206 g/mol. The molecule has 0 saturated carbocycles. The van der Waals surface area contributed by atoms with E-state index in [4.69, 9.17) is 17.3 Å². The maximum absolute atomic E-state index is 11.2. The fraction of sp³-hybridized carbons (Fsp3) is 0.286. The summed E-state index contributed by atoms with van der Waals surface area (Å²) in [6, 6.07) is 0.191. The number of hydrogen-bond donors (Lipinski definition) is 2. The van der Waals surface area contributed by atoms with Crippen LogP contribution in [-0.4, -0.2) is 28.4 Å². The van der Waals surface area contributed by atoms with Crippen LogP contribution in [0.15, 0.2) is 6.20 Å². The molecule has 14 heavy (non-hydrogen) atoms. The number of carbonyl (C=O) groups is 1. The number of nitrogens with zero attached hydrogens (tertiary/aromatic N) is 3. The summed E-state index contributed by atoms with van der Waals surface area (Å²) in [4.78, 5) is 20.6. The minimum absolute atomic E-state index is 0.133. The van der Waals surface area contributed by atoms with Crippen LogP contribution in [0.3, 0.4) is 0 Å². The molecule has 0 aromatic carbocycles. The Kier molecular flexibility index (Phi) is 2.12. The van der Waals surface area contributed by atoms with Crippen LogP contribution in [-0.2, 0) is 4.79 Å². The van der Waals surface area contributed by atoms with Crippen LogP contribution in [0.1, 0.15) is 0 Å². The number of nitrogens with one attached hydrogen (secondary N) is 1. The topological polar surface area (TPSA) is 84.1 Å². The van der Waals surface area contributed by atoms with Gasteiger partial charge in [-0.2, -0.15) is 4.98 Å². The van der Waals surface area contributed by atoms with E-state index in [1.807, 2.05) is 0 Å². The largest absolute Gasteiger partial charge is 0.368 e. The maximum Gasteiger partial charge on any atom is 0.244 e. The number of amides is 1. The number of nitrogens with two attached hydrogens (primary N) is 1. The Labute approximate surface area is 85.1 Å². The number of nitrogen functional groups attached to an aromatic ring is 1. The van der Waals surface area contributed by atoms with Crippen molar-refractivity contribution in [2.45, 2.75) is 0 Å². The van der Waals surface area contributed by atoms with Crippen molar-refractivity contribution in [1.82, 2.24) is 9.97 Å². The Morgan fingerprint density at radius 2 is 2.50 bits per heavy atom. The highest BCUT2D eigenvalue weighted by Gasteiger charge is 2.22. The van der Waals surface area contributed by atoms with Gasteiger partial charge in [0.2, 0.25) is 11.9 Å². The molecule has 0 saturated heterocycles. The lowest BCUT2D eigenvalue weighted by Gasteiger charge is -2.27. The zero-order valence-electron chi connectivity index (χ0n) is 7.20. The number of rotatable bonds is 1. The van der Waals surface area contributed by atoms with Crippen molar-refractivity contribution in [2.24, 2.45) is 0 Å². The van der Waals surface area contributed by atoms with Gasteiger partial charge in [0.1, 0.15) is 5.69 Å². The van der Waals surface area contributed by atoms with E-state index in [1.165, 1.54) is 6.20 Å². The zero-order valence-corrected chi connectivity index (χ0v) is 7.95. The molecule has 1 aliphatic rings. The smallest absolute Gasteiger partial charge is 0.244 e. The molecule has 0 atom stereocenters. The SMILES string of the molecule is Nc1ncc2c(n1)N(CCl)CC(=O)N2. The normalized spacial score (nSPS) is 14.9. The van der Waals surface area contributed by atoms with Crippen LogP contribution in [0, 0.1) is 0 Å². The van der Waals surface area contributed by atoms with Crippen molar-refractivity contribution < 1.29 is 4.79 Å². The molecule has 0 unspecified atom stereocenters. The minimum atomic E-state index is -0.133. The van der Waals surface area contributed by atoms with Crippen molar-refractivity contribution in [2.75, 3.05) is 28.5 Å². The third kappa shape index (κ3) is 1.44. The van der Waals surface area contributed by atoms with Crippen molar-refractivity contribution in [3.8, 4) is 0 Å². The van der Waals surface area contributed by atoms with Crippen molar-refractivity contribution in [3.05, 3.63) is 6.20 Å². The molecule has 1 amide bonds. The number of anilines is 3. The molecular formula is C7H8ClN5O. The summed E-state index contributed by atoms with van der Waals surface area (Å²) in [5.74, 6) is 0.591. The molecule has 0 spiro atoms. The highest BCUT2D eigenvalue weighted by molar-refractivity contribution is 6.19. The number of halogens is 1. The molecule has 7 heteroatoms. The number of carbonyl (C=O) groups excluding carboxylic acids is 1. The summed E-state index contributed by atoms with van der Waals surface area (Å²) in [6.45, 7) is 0.187. The standard InChI is InChI=1S/C7H8ClN5O/c8-3-13-2-5(14)11-4-1-10-7(9)12-6(4)13/h1H,2-3H2,(H,11,14)(H2,9,10,12). The monoisotopic (exact) mass is 213 g/mol. The molecule has 1 aromatic heterocycles. The van der Waals surface area contributed by atoms with Crippen LogP contribution >= 0.6 is 11.6 Å². The second kappa shape index (κ2) is 3.30. The molecule has 6 nitrogen and oxygen atoms in total. The van der Waals surface area contributed by atoms with Crippen molar-refractivity contribution >= 4 is 35.0 Å². The van der Waals surface area contributed by atoms with Gasteiger partial charge in [0.15, 0.2) is 5.82 Å². The summed E-state index contributed by atoms with van der Waals surface area (Å²) in [6.07, 6.45) is 1.47. The van der Waals surface area contributed by atoms with E-state index in [0.29, 0.717) is 11.5 Å². The molecule has 0 fully saturated rings.